The second-order valence-electron chi connectivity index (χ2n) is 5.34. The van der Waals surface area contributed by atoms with Gasteiger partial charge >= 0.3 is 0 Å². The van der Waals surface area contributed by atoms with E-state index in [2.05, 4.69) is 10.6 Å². The van der Waals surface area contributed by atoms with Gasteiger partial charge in [-0.05, 0) is 50.9 Å². The van der Waals surface area contributed by atoms with Gasteiger partial charge in [-0.1, -0.05) is 17.7 Å². The van der Waals surface area contributed by atoms with Crippen molar-refractivity contribution in [2.45, 2.75) is 32.2 Å². The molecule has 1 fully saturated rings. The van der Waals surface area contributed by atoms with Gasteiger partial charge in [0.1, 0.15) is 5.82 Å². The van der Waals surface area contributed by atoms with Gasteiger partial charge in [0.15, 0.2) is 0 Å². The summed E-state index contributed by atoms with van der Waals surface area (Å²) < 4.78 is 13.6. The summed E-state index contributed by atoms with van der Waals surface area (Å²) in [5.41, 5.74) is 0.264. The summed E-state index contributed by atoms with van der Waals surface area (Å²) in [5, 5.41) is 6.57. The first-order chi connectivity index (χ1) is 9.58. The van der Waals surface area contributed by atoms with Crippen LogP contribution < -0.4 is 10.6 Å². The molecule has 0 radical (unpaired) electrons. The summed E-state index contributed by atoms with van der Waals surface area (Å²) in [6.07, 6.45) is 2.22. The number of hydrogen-bond donors (Lipinski definition) is 2. The first-order valence-electron chi connectivity index (χ1n) is 7.01. The minimum atomic E-state index is -0.431. The van der Waals surface area contributed by atoms with Crippen LogP contribution in [0.3, 0.4) is 0 Å². The Morgan fingerprint density at radius 1 is 1.57 bits per heavy atom. The van der Waals surface area contributed by atoms with Crippen LogP contribution >= 0.6 is 24.0 Å². The van der Waals surface area contributed by atoms with Crippen molar-refractivity contribution in [1.29, 1.82) is 0 Å². The lowest BCUT2D eigenvalue weighted by atomic mass is 9.92. The zero-order chi connectivity index (χ0) is 14.5. The highest BCUT2D eigenvalue weighted by Crippen LogP contribution is 2.20. The molecule has 1 amide bonds. The number of hydrogen-bond acceptors (Lipinski definition) is 2. The monoisotopic (exact) mass is 334 g/mol. The molecule has 1 aliphatic rings. The molecule has 2 N–H and O–H groups in total. The molecule has 1 aliphatic heterocycles. The summed E-state index contributed by atoms with van der Waals surface area (Å²) >= 11 is 5.93. The Labute approximate surface area is 136 Å². The summed E-state index contributed by atoms with van der Waals surface area (Å²) in [6, 6.07) is 4.54. The van der Waals surface area contributed by atoms with E-state index < -0.39 is 5.82 Å². The Kier molecular flexibility index (Phi) is 7.43. The van der Waals surface area contributed by atoms with E-state index in [0.29, 0.717) is 10.9 Å². The van der Waals surface area contributed by atoms with Crippen LogP contribution in [0.4, 0.5) is 4.39 Å². The van der Waals surface area contributed by atoms with E-state index in [9.17, 15) is 9.18 Å². The highest BCUT2D eigenvalue weighted by Gasteiger charge is 2.22. The van der Waals surface area contributed by atoms with E-state index >= 15 is 0 Å². The largest absolute Gasteiger partial charge is 0.353 e. The zero-order valence-corrected chi connectivity index (χ0v) is 13.6. The number of amides is 1. The average molecular weight is 335 g/mol. The van der Waals surface area contributed by atoms with Gasteiger partial charge in [-0.3, -0.25) is 4.79 Å². The van der Waals surface area contributed by atoms with E-state index in [1.54, 1.807) is 6.07 Å². The van der Waals surface area contributed by atoms with E-state index in [0.717, 1.165) is 25.9 Å². The quantitative estimate of drug-likeness (QED) is 0.888. The molecule has 1 heterocycles. The predicted molar refractivity (Wildman–Crippen MR) is 85.6 cm³/mol. The van der Waals surface area contributed by atoms with Crippen LogP contribution in [0.25, 0.3) is 0 Å². The van der Waals surface area contributed by atoms with Crippen LogP contribution in [-0.2, 0) is 11.2 Å². The lowest BCUT2D eigenvalue weighted by Gasteiger charge is -2.29. The molecule has 1 aromatic carbocycles. The normalized spacial score (nSPS) is 19.5. The first kappa shape index (κ1) is 18.2. The number of piperidine rings is 1. The third kappa shape index (κ3) is 5.13. The molecule has 2 rings (SSSR count). The number of nitrogens with one attached hydrogen (secondary N) is 2. The van der Waals surface area contributed by atoms with Gasteiger partial charge in [-0.2, -0.15) is 0 Å². The third-order valence-corrected chi connectivity index (χ3v) is 4.18. The molecule has 0 aliphatic carbocycles. The van der Waals surface area contributed by atoms with Gasteiger partial charge in [0.2, 0.25) is 5.91 Å². The Morgan fingerprint density at radius 2 is 2.33 bits per heavy atom. The molecular formula is C15H21Cl2FN2O. The molecule has 1 aromatic rings. The van der Waals surface area contributed by atoms with Crippen molar-refractivity contribution in [2.75, 3.05) is 13.1 Å². The minimum absolute atomic E-state index is 0. The molecule has 6 heteroatoms. The molecule has 0 bridgehead atoms. The van der Waals surface area contributed by atoms with Crippen molar-refractivity contribution >= 4 is 29.9 Å². The van der Waals surface area contributed by atoms with Crippen LogP contribution in [0.1, 0.15) is 25.3 Å². The van der Waals surface area contributed by atoms with E-state index in [-0.39, 0.29) is 36.3 Å². The van der Waals surface area contributed by atoms with Gasteiger partial charge in [0, 0.05) is 16.6 Å². The van der Waals surface area contributed by atoms with Gasteiger partial charge < -0.3 is 10.6 Å². The highest BCUT2D eigenvalue weighted by molar-refractivity contribution is 6.31. The number of rotatable bonds is 4. The van der Waals surface area contributed by atoms with Crippen molar-refractivity contribution in [3.05, 3.63) is 34.6 Å². The molecule has 1 saturated heterocycles. The maximum Gasteiger partial charge on any atom is 0.224 e. The summed E-state index contributed by atoms with van der Waals surface area (Å²) in [6.45, 7) is 3.96. The van der Waals surface area contributed by atoms with E-state index in [4.69, 9.17) is 11.6 Å². The number of carbonyl (C=O) groups is 1. The molecular weight excluding hydrogens is 314 g/mol. The van der Waals surface area contributed by atoms with Crippen LogP contribution in [0, 0.1) is 11.7 Å². The molecule has 118 valence electrons. The van der Waals surface area contributed by atoms with Gasteiger partial charge in [0.25, 0.3) is 0 Å². The van der Waals surface area contributed by atoms with Gasteiger partial charge in [-0.25, -0.2) is 4.39 Å². The van der Waals surface area contributed by atoms with E-state index in [1.165, 1.54) is 12.1 Å². The fourth-order valence-corrected chi connectivity index (χ4v) is 2.82. The van der Waals surface area contributed by atoms with Crippen LogP contribution in [0.5, 0.6) is 0 Å². The summed E-state index contributed by atoms with van der Waals surface area (Å²) in [5.74, 6) is -0.182. The fourth-order valence-electron chi connectivity index (χ4n) is 2.59. The summed E-state index contributed by atoms with van der Waals surface area (Å²) in [7, 11) is 0. The smallest absolute Gasteiger partial charge is 0.224 e. The highest BCUT2D eigenvalue weighted by atomic mass is 35.5. The topological polar surface area (TPSA) is 41.1 Å². The Morgan fingerprint density at radius 3 is 2.95 bits per heavy atom. The first-order valence-corrected chi connectivity index (χ1v) is 7.38. The van der Waals surface area contributed by atoms with Crippen LogP contribution in [-0.4, -0.2) is 25.0 Å². The SMILES string of the molecule is CC(NC(=O)Cc1c(F)cccc1Cl)C1CCCNC1.Cl. The van der Waals surface area contributed by atoms with Crippen LogP contribution in [0.2, 0.25) is 5.02 Å². The van der Waals surface area contributed by atoms with Crippen molar-refractivity contribution in [1.82, 2.24) is 10.6 Å². The number of benzene rings is 1. The molecule has 2 unspecified atom stereocenters. The van der Waals surface area contributed by atoms with Crippen molar-refractivity contribution in [3.8, 4) is 0 Å². The molecule has 0 saturated carbocycles. The number of carbonyl (C=O) groups excluding carboxylic acids is 1. The lowest BCUT2D eigenvalue weighted by Crippen LogP contribution is -2.45. The van der Waals surface area contributed by atoms with Gasteiger partial charge in [-0.15, -0.1) is 12.4 Å². The minimum Gasteiger partial charge on any atom is -0.353 e. The van der Waals surface area contributed by atoms with E-state index in [1.807, 2.05) is 6.92 Å². The van der Waals surface area contributed by atoms with Crippen LogP contribution in [0.15, 0.2) is 18.2 Å². The Hall–Kier alpha value is -0.840. The Balaban J connectivity index is 0.00000220. The molecule has 21 heavy (non-hydrogen) atoms. The Bertz CT molecular complexity index is 458. The second kappa shape index (κ2) is 8.57. The maximum atomic E-state index is 13.6. The predicted octanol–water partition coefficient (Wildman–Crippen LogP) is 2.95. The maximum absolute atomic E-state index is 13.6. The molecule has 2 atom stereocenters. The third-order valence-electron chi connectivity index (χ3n) is 3.83. The van der Waals surface area contributed by atoms with Gasteiger partial charge in [0.05, 0.1) is 6.42 Å². The molecule has 0 aromatic heterocycles. The lowest BCUT2D eigenvalue weighted by molar-refractivity contribution is -0.121. The summed E-state index contributed by atoms with van der Waals surface area (Å²) in [4.78, 5) is 12.0. The zero-order valence-electron chi connectivity index (χ0n) is 12.0. The second-order valence-corrected chi connectivity index (χ2v) is 5.75. The number of halogens is 3. The van der Waals surface area contributed by atoms with Crippen molar-refractivity contribution < 1.29 is 9.18 Å². The fraction of sp³-hybridized carbons (Fsp3) is 0.533. The van der Waals surface area contributed by atoms with Crippen molar-refractivity contribution in [2.24, 2.45) is 5.92 Å². The standard InChI is InChI=1S/C15H20ClFN2O.ClH/c1-10(11-4-3-7-18-9-11)19-15(20)8-12-13(16)5-2-6-14(12)17;/h2,5-6,10-11,18H,3-4,7-9H2,1H3,(H,19,20);1H. The molecule has 0 spiro atoms. The average Bonchev–Trinajstić information content (AvgIpc) is 2.44. The van der Waals surface area contributed by atoms with Crippen molar-refractivity contribution in [3.63, 3.8) is 0 Å². The molecule has 3 nitrogen and oxygen atoms in total.